The molecule has 1 fully saturated rings. The average molecular weight is 353 g/mol. The highest BCUT2D eigenvalue weighted by molar-refractivity contribution is 7.09. The number of amides is 4. The molecule has 1 atom stereocenters. The summed E-state index contributed by atoms with van der Waals surface area (Å²) in [6.07, 6.45) is 0.411. The summed E-state index contributed by atoms with van der Waals surface area (Å²) >= 11 is 1.50. The summed E-state index contributed by atoms with van der Waals surface area (Å²) in [7, 11) is 0. The fourth-order valence-corrected chi connectivity index (χ4v) is 2.75. The Labute approximate surface area is 143 Å². The molecule has 8 nitrogen and oxygen atoms in total. The van der Waals surface area contributed by atoms with E-state index < -0.39 is 42.5 Å². The van der Waals surface area contributed by atoms with E-state index in [4.69, 9.17) is 4.74 Å². The van der Waals surface area contributed by atoms with Gasteiger partial charge < -0.3 is 15.4 Å². The number of rotatable bonds is 7. The Bertz CT molecular complexity index is 646. The number of nitrogens with one attached hydrogen (secondary N) is 2. The highest BCUT2D eigenvalue weighted by atomic mass is 32.1. The van der Waals surface area contributed by atoms with Crippen LogP contribution in [0.1, 0.15) is 25.1 Å². The standard InChI is InChI=1S/C15H19N3O5S/c1-3-15(2)13(21)18(14(22)17-15)8-12(20)23-9-11(19)16-7-10-5-4-6-24-10/h4-6H,3,7-9H2,1-2H3,(H,16,19)(H,17,22)/t15-/m1/s1. The lowest BCUT2D eigenvalue weighted by Crippen LogP contribution is -2.43. The molecule has 1 aromatic heterocycles. The van der Waals surface area contributed by atoms with Crippen LogP contribution in [0.5, 0.6) is 0 Å². The van der Waals surface area contributed by atoms with Gasteiger partial charge in [-0.15, -0.1) is 11.3 Å². The summed E-state index contributed by atoms with van der Waals surface area (Å²) in [4.78, 5) is 49.1. The number of hydrogen-bond acceptors (Lipinski definition) is 6. The van der Waals surface area contributed by atoms with E-state index in [1.54, 1.807) is 13.8 Å². The van der Waals surface area contributed by atoms with Gasteiger partial charge in [0.05, 0.1) is 6.54 Å². The van der Waals surface area contributed by atoms with Crippen LogP contribution in [-0.2, 0) is 25.7 Å². The molecule has 2 rings (SSSR count). The van der Waals surface area contributed by atoms with Crippen molar-refractivity contribution in [2.75, 3.05) is 13.2 Å². The van der Waals surface area contributed by atoms with Crippen LogP contribution in [0.25, 0.3) is 0 Å². The normalized spacial score (nSPS) is 20.0. The van der Waals surface area contributed by atoms with Gasteiger partial charge in [-0.3, -0.25) is 19.3 Å². The zero-order valence-electron chi connectivity index (χ0n) is 13.5. The molecule has 0 saturated carbocycles. The van der Waals surface area contributed by atoms with Crippen LogP contribution in [-0.4, -0.2) is 47.4 Å². The zero-order chi connectivity index (χ0) is 17.7. The number of imide groups is 1. The van der Waals surface area contributed by atoms with Crippen LogP contribution < -0.4 is 10.6 Å². The largest absolute Gasteiger partial charge is 0.454 e. The first-order valence-electron chi connectivity index (χ1n) is 7.44. The van der Waals surface area contributed by atoms with Crippen molar-refractivity contribution in [3.8, 4) is 0 Å². The van der Waals surface area contributed by atoms with E-state index in [9.17, 15) is 19.2 Å². The first-order valence-corrected chi connectivity index (χ1v) is 8.32. The van der Waals surface area contributed by atoms with Crippen LogP contribution in [0.3, 0.4) is 0 Å². The van der Waals surface area contributed by atoms with E-state index in [0.717, 1.165) is 9.78 Å². The maximum Gasteiger partial charge on any atom is 0.326 e. The van der Waals surface area contributed by atoms with Crippen molar-refractivity contribution in [1.29, 1.82) is 0 Å². The van der Waals surface area contributed by atoms with Gasteiger partial charge in [-0.05, 0) is 24.8 Å². The molecule has 0 aliphatic carbocycles. The summed E-state index contributed by atoms with van der Waals surface area (Å²) in [6, 6.07) is 3.11. The number of thiophene rings is 1. The van der Waals surface area contributed by atoms with Gasteiger partial charge in [-0.1, -0.05) is 13.0 Å². The Morgan fingerprint density at radius 1 is 1.42 bits per heavy atom. The van der Waals surface area contributed by atoms with E-state index in [-0.39, 0.29) is 0 Å². The molecule has 1 saturated heterocycles. The van der Waals surface area contributed by atoms with Crippen molar-refractivity contribution in [3.63, 3.8) is 0 Å². The SMILES string of the molecule is CC[C@@]1(C)NC(=O)N(CC(=O)OCC(=O)NCc2cccs2)C1=O. The predicted molar refractivity (Wildman–Crippen MR) is 86.1 cm³/mol. The molecule has 130 valence electrons. The molecule has 2 heterocycles. The zero-order valence-corrected chi connectivity index (χ0v) is 14.3. The van der Waals surface area contributed by atoms with Crippen molar-refractivity contribution >= 4 is 35.2 Å². The summed E-state index contributed by atoms with van der Waals surface area (Å²) in [5.41, 5.74) is -1.00. The minimum atomic E-state index is -1.00. The minimum absolute atomic E-state index is 0.357. The topological polar surface area (TPSA) is 105 Å². The fraction of sp³-hybridized carbons (Fsp3) is 0.467. The maximum atomic E-state index is 12.1. The Hall–Kier alpha value is -2.42. The van der Waals surface area contributed by atoms with Crippen molar-refractivity contribution in [1.82, 2.24) is 15.5 Å². The highest BCUT2D eigenvalue weighted by Gasteiger charge is 2.47. The molecule has 0 unspecified atom stereocenters. The molecular weight excluding hydrogens is 334 g/mol. The summed E-state index contributed by atoms with van der Waals surface area (Å²) in [6.45, 7) is 2.74. The van der Waals surface area contributed by atoms with E-state index in [1.165, 1.54) is 11.3 Å². The van der Waals surface area contributed by atoms with Crippen molar-refractivity contribution in [3.05, 3.63) is 22.4 Å². The van der Waals surface area contributed by atoms with Crippen LogP contribution in [0.4, 0.5) is 4.79 Å². The summed E-state index contributed by atoms with van der Waals surface area (Å²) in [5.74, 6) is -1.74. The summed E-state index contributed by atoms with van der Waals surface area (Å²) in [5, 5.41) is 7.04. The third-order valence-electron chi connectivity index (χ3n) is 3.74. The van der Waals surface area contributed by atoms with Gasteiger partial charge in [0.1, 0.15) is 12.1 Å². The molecule has 1 aliphatic heterocycles. The number of carbonyl (C=O) groups is 4. The molecular formula is C15H19N3O5S. The van der Waals surface area contributed by atoms with Gasteiger partial charge in [0.25, 0.3) is 11.8 Å². The number of ether oxygens (including phenoxy) is 1. The highest BCUT2D eigenvalue weighted by Crippen LogP contribution is 2.20. The third kappa shape index (κ3) is 4.10. The molecule has 9 heteroatoms. The van der Waals surface area contributed by atoms with Crippen molar-refractivity contribution in [2.24, 2.45) is 0 Å². The van der Waals surface area contributed by atoms with Gasteiger partial charge in [-0.25, -0.2) is 4.79 Å². The summed E-state index contributed by atoms with van der Waals surface area (Å²) < 4.78 is 4.81. The van der Waals surface area contributed by atoms with Gasteiger partial charge >= 0.3 is 12.0 Å². The third-order valence-corrected chi connectivity index (χ3v) is 4.62. The van der Waals surface area contributed by atoms with E-state index in [2.05, 4.69) is 10.6 Å². The van der Waals surface area contributed by atoms with E-state index in [0.29, 0.717) is 13.0 Å². The quantitative estimate of drug-likeness (QED) is 0.552. The van der Waals surface area contributed by atoms with Gasteiger partial charge in [0.15, 0.2) is 6.61 Å². The Kier molecular flexibility index (Phi) is 5.55. The number of carbonyl (C=O) groups excluding carboxylic acids is 4. The first kappa shape index (κ1) is 17.9. The lowest BCUT2D eigenvalue weighted by Gasteiger charge is -2.18. The first-order chi connectivity index (χ1) is 11.4. The average Bonchev–Trinajstić information content (AvgIpc) is 3.14. The predicted octanol–water partition coefficient (Wildman–Crippen LogP) is 0.628. The molecule has 0 bridgehead atoms. The van der Waals surface area contributed by atoms with Crippen molar-refractivity contribution < 1.29 is 23.9 Å². The molecule has 2 N–H and O–H groups in total. The second-order valence-electron chi connectivity index (χ2n) is 5.52. The maximum absolute atomic E-state index is 12.1. The Morgan fingerprint density at radius 2 is 2.17 bits per heavy atom. The number of esters is 1. The monoisotopic (exact) mass is 353 g/mol. The van der Waals surface area contributed by atoms with Crippen LogP contribution in [0, 0.1) is 0 Å². The molecule has 0 spiro atoms. The van der Waals surface area contributed by atoms with Crippen molar-refractivity contribution in [2.45, 2.75) is 32.4 Å². The molecule has 0 radical (unpaired) electrons. The smallest absolute Gasteiger partial charge is 0.326 e. The fourth-order valence-electron chi connectivity index (χ4n) is 2.10. The second-order valence-corrected chi connectivity index (χ2v) is 6.56. The van der Waals surface area contributed by atoms with Gasteiger partial charge in [0, 0.05) is 4.88 Å². The van der Waals surface area contributed by atoms with Crippen LogP contribution in [0.2, 0.25) is 0 Å². The van der Waals surface area contributed by atoms with E-state index in [1.807, 2.05) is 17.5 Å². The lowest BCUT2D eigenvalue weighted by molar-refractivity contribution is -0.151. The van der Waals surface area contributed by atoms with Gasteiger partial charge in [0.2, 0.25) is 0 Å². The number of hydrogen-bond donors (Lipinski definition) is 2. The van der Waals surface area contributed by atoms with E-state index >= 15 is 0 Å². The number of urea groups is 1. The minimum Gasteiger partial charge on any atom is -0.454 e. The Balaban J connectivity index is 1.76. The Morgan fingerprint density at radius 3 is 2.75 bits per heavy atom. The molecule has 1 aliphatic rings. The van der Waals surface area contributed by atoms with Crippen LogP contribution >= 0.6 is 11.3 Å². The van der Waals surface area contributed by atoms with Gasteiger partial charge in [-0.2, -0.15) is 0 Å². The number of nitrogens with zero attached hydrogens (tertiary/aromatic N) is 1. The van der Waals surface area contributed by atoms with Crippen LogP contribution in [0.15, 0.2) is 17.5 Å². The molecule has 4 amide bonds. The molecule has 24 heavy (non-hydrogen) atoms. The second kappa shape index (κ2) is 7.43. The molecule has 0 aromatic carbocycles. The molecule has 1 aromatic rings. The lowest BCUT2D eigenvalue weighted by atomic mass is 9.99.